The van der Waals surface area contributed by atoms with Crippen LogP contribution in [-0.2, 0) is 6.42 Å². The van der Waals surface area contributed by atoms with Crippen LogP contribution in [0.5, 0.6) is 0 Å². The first-order valence-electron chi connectivity index (χ1n) is 6.55. The summed E-state index contributed by atoms with van der Waals surface area (Å²) in [7, 11) is 0. The van der Waals surface area contributed by atoms with Crippen molar-refractivity contribution in [3.63, 3.8) is 0 Å². The Hall–Kier alpha value is -0.940. The monoisotopic (exact) mass is 267 g/mol. The molecule has 1 amide bonds. The zero-order valence-corrected chi connectivity index (χ0v) is 11.8. The summed E-state index contributed by atoms with van der Waals surface area (Å²) < 4.78 is 0. The normalized spacial score (nSPS) is 16.9. The number of nitrogens with one attached hydrogen (secondary N) is 1. The summed E-state index contributed by atoms with van der Waals surface area (Å²) in [5.41, 5.74) is 6.22. The van der Waals surface area contributed by atoms with Crippen molar-refractivity contribution in [2.45, 2.75) is 39.2 Å². The minimum atomic E-state index is -0.0800. The van der Waals surface area contributed by atoms with Crippen molar-refractivity contribution in [1.82, 2.24) is 10.3 Å². The Kier molecular flexibility index (Phi) is 4.35. The van der Waals surface area contributed by atoms with Gasteiger partial charge in [-0.2, -0.15) is 0 Å². The Labute approximate surface area is 112 Å². The van der Waals surface area contributed by atoms with Gasteiger partial charge in [0, 0.05) is 24.4 Å². The van der Waals surface area contributed by atoms with Crippen LogP contribution in [0, 0.1) is 11.8 Å². The quantitative estimate of drug-likeness (QED) is 0.826. The highest BCUT2D eigenvalue weighted by Crippen LogP contribution is 2.32. The molecule has 5 heteroatoms. The molecular weight excluding hydrogens is 246 g/mol. The molecule has 1 fully saturated rings. The van der Waals surface area contributed by atoms with E-state index in [0.717, 1.165) is 11.4 Å². The smallest absolute Gasteiger partial charge is 0.271 e. The fourth-order valence-corrected chi connectivity index (χ4v) is 2.96. The van der Waals surface area contributed by atoms with Gasteiger partial charge in [-0.25, -0.2) is 4.98 Å². The van der Waals surface area contributed by atoms with Crippen molar-refractivity contribution < 1.29 is 4.79 Å². The number of hydrogen-bond donors (Lipinski definition) is 2. The third kappa shape index (κ3) is 3.53. The van der Waals surface area contributed by atoms with E-state index in [1.807, 2.05) is 5.38 Å². The highest BCUT2D eigenvalue weighted by atomic mass is 32.1. The molecule has 3 N–H and O–H groups in total. The van der Waals surface area contributed by atoms with Crippen molar-refractivity contribution in [3.8, 4) is 0 Å². The van der Waals surface area contributed by atoms with Crippen molar-refractivity contribution >= 4 is 17.2 Å². The van der Waals surface area contributed by atoms with Gasteiger partial charge in [0.05, 0.1) is 5.01 Å². The molecule has 2 rings (SSSR count). The maximum atomic E-state index is 12.0. The SMILES string of the molecule is CC(C)Cc1nc(C(=O)NC(CN)C2CC2)cs1. The minimum Gasteiger partial charge on any atom is -0.346 e. The summed E-state index contributed by atoms with van der Waals surface area (Å²) in [6.07, 6.45) is 3.29. The molecule has 1 unspecified atom stereocenters. The molecule has 1 aromatic rings. The number of aromatic nitrogens is 1. The Balaban J connectivity index is 1.93. The molecule has 18 heavy (non-hydrogen) atoms. The first-order valence-corrected chi connectivity index (χ1v) is 7.43. The Morgan fingerprint density at radius 3 is 2.89 bits per heavy atom. The highest BCUT2D eigenvalue weighted by molar-refractivity contribution is 7.09. The van der Waals surface area contributed by atoms with Crippen LogP contribution >= 0.6 is 11.3 Å². The minimum absolute atomic E-state index is 0.0800. The van der Waals surface area contributed by atoms with Crippen LogP contribution in [0.1, 0.15) is 42.2 Å². The molecule has 4 nitrogen and oxygen atoms in total. The molecule has 1 saturated carbocycles. The van der Waals surface area contributed by atoms with Crippen LogP contribution in [0.25, 0.3) is 0 Å². The standard InChI is InChI=1S/C13H21N3OS/c1-8(2)5-12-15-11(7-18-12)13(17)16-10(6-14)9-3-4-9/h7-10H,3-6,14H2,1-2H3,(H,16,17). The average molecular weight is 267 g/mol. The van der Waals surface area contributed by atoms with E-state index in [1.165, 1.54) is 12.8 Å². The van der Waals surface area contributed by atoms with E-state index in [2.05, 4.69) is 24.1 Å². The van der Waals surface area contributed by atoms with Crippen LogP contribution in [0.2, 0.25) is 0 Å². The predicted octanol–water partition coefficient (Wildman–Crippen LogP) is 1.81. The molecule has 1 aliphatic carbocycles. The van der Waals surface area contributed by atoms with E-state index in [4.69, 9.17) is 5.73 Å². The molecule has 100 valence electrons. The van der Waals surface area contributed by atoms with Gasteiger partial charge in [0.25, 0.3) is 5.91 Å². The number of nitrogens with zero attached hydrogens (tertiary/aromatic N) is 1. The Bertz CT molecular complexity index is 412. The van der Waals surface area contributed by atoms with Gasteiger partial charge in [0.1, 0.15) is 5.69 Å². The summed E-state index contributed by atoms with van der Waals surface area (Å²) in [5.74, 6) is 1.06. The Morgan fingerprint density at radius 2 is 2.33 bits per heavy atom. The molecule has 0 saturated heterocycles. The van der Waals surface area contributed by atoms with Gasteiger partial charge in [0.15, 0.2) is 0 Å². The lowest BCUT2D eigenvalue weighted by Crippen LogP contribution is -2.41. The van der Waals surface area contributed by atoms with Crippen LogP contribution in [0.4, 0.5) is 0 Å². The lowest BCUT2D eigenvalue weighted by molar-refractivity contribution is 0.0929. The molecule has 1 heterocycles. The number of hydrogen-bond acceptors (Lipinski definition) is 4. The van der Waals surface area contributed by atoms with Crippen molar-refractivity contribution in [2.75, 3.05) is 6.54 Å². The van der Waals surface area contributed by atoms with Crippen LogP contribution in [-0.4, -0.2) is 23.5 Å². The third-order valence-electron chi connectivity index (χ3n) is 3.13. The topological polar surface area (TPSA) is 68.0 Å². The number of amides is 1. The molecule has 1 aliphatic rings. The predicted molar refractivity (Wildman–Crippen MR) is 73.7 cm³/mol. The van der Waals surface area contributed by atoms with Crippen LogP contribution in [0.15, 0.2) is 5.38 Å². The van der Waals surface area contributed by atoms with Gasteiger partial charge in [-0.15, -0.1) is 11.3 Å². The number of rotatable bonds is 6. The highest BCUT2D eigenvalue weighted by Gasteiger charge is 2.31. The maximum Gasteiger partial charge on any atom is 0.271 e. The fraction of sp³-hybridized carbons (Fsp3) is 0.692. The lowest BCUT2D eigenvalue weighted by Gasteiger charge is -2.14. The molecule has 1 atom stereocenters. The zero-order chi connectivity index (χ0) is 13.1. The van der Waals surface area contributed by atoms with E-state index in [-0.39, 0.29) is 11.9 Å². The first-order chi connectivity index (χ1) is 8.60. The number of carbonyl (C=O) groups excluding carboxylic acids is 1. The van der Waals surface area contributed by atoms with E-state index < -0.39 is 0 Å². The molecule has 0 aromatic carbocycles. The molecule has 0 bridgehead atoms. The van der Waals surface area contributed by atoms with Crippen molar-refractivity contribution in [3.05, 3.63) is 16.1 Å². The van der Waals surface area contributed by atoms with Gasteiger partial charge < -0.3 is 11.1 Å². The van der Waals surface area contributed by atoms with Gasteiger partial charge in [-0.1, -0.05) is 13.8 Å². The second-order valence-corrected chi connectivity index (χ2v) is 6.32. The van der Waals surface area contributed by atoms with Crippen LogP contribution in [0.3, 0.4) is 0 Å². The van der Waals surface area contributed by atoms with Crippen molar-refractivity contribution in [1.29, 1.82) is 0 Å². The maximum absolute atomic E-state index is 12.0. The van der Waals surface area contributed by atoms with E-state index in [1.54, 1.807) is 11.3 Å². The number of carbonyl (C=O) groups is 1. The van der Waals surface area contributed by atoms with Gasteiger partial charge >= 0.3 is 0 Å². The van der Waals surface area contributed by atoms with E-state index in [0.29, 0.717) is 24.1 Å². The van der Waals surface area contributed by atoms with Crippen molar-refractivity contribution in [2.24, 2.45) is 17.6 Å². The molecular formula is C13H21N3OS. The molecule has 0 spiro atoms. The van der Waals surface area contributed by atoms with E-state index in [9.17, 15) is 4.79 Å². The summed E-state index contributed by atoms with van der Waals surface area (Å²) in [4.78, 5) is 16.4. The number of thiazole rings is 1. The van der Waals surface area contributed by atoms with Crippen LogP contribution < -0.4 is 11.1 Å². The summed E-state index contributed by atoms with van der Waals surface area (Å²) in [6, 6.07) is 0.118. The second kappa shape index (κ2) is 5.80. The largest absolute Gasteiger partial charge is 0.346 e. The summed E-state index contributed by atoms with van der Waals surface area (Å²) in [5, 5.41) is 5.87. The zero-order valence-electron chi connectivity index (χ0n) is 11.0. The number of nitrogens with two attached hydrogens (primary N) is 1. The summed E-state index contributed by atoms with van der Waals surface area (Å²) in [6.45, 7) is 4.82. The fourth-order valence-electron chi connectivity index (χ4n) is 1.97. The van der Waals surface area contributed by atoms with Gasteiger partial charge in [-0.05, 0) is 24.7 Å². The van der Waals surface area contributed by atoms with Gasteiger partial charge in [0.2, 0.25) is 0 Å². The molecule has 1 aromatic heterocycles. The summed E-state index contributed by atoms with van der Waals surface area (Å²) >= 11 is 1.56. The van der Waals surface area contributed by atoms with Gasteiger partial charge in [-0.3, -0.25) is 4.79 Å². The second-order valence-electron chi connectivity index (χ2n) is 5.38. The van der Waals surface area contributed by atoms with E-state index >= 15 is 0 Å². The molecule has 0 radical (unpaired) electrons. The molecule has 0 aliphatic heterocycles. The first kappa shape index (κ1) is 13.5. The average Bonchev–Trinajstić information content (AvgIpc) is 3.05. The third-order valence-corrected chi connectivity index (χ3v) is 4.00. The Morgan fingerprint density at radius 1 is 1.61 bits per heavy atom. The lowest BCUT2D eigenvalue weighted by atomic mass is 10.1.